The second-order valence-corrected chi connectivity index (χ2v) is 21.6. The number of allylic oxidation sites excluding steroid dienone is 16. The van der Waals surface area contributed by atoms with Crippen molar-refractivity contribution in [2.24, 2.45) is 0 Å². The molecule has 0 aliphatic rings. The molecule has 0 bridgehead atoms. The molecule has 0 aromatic carbocycles. The molecule has 0 aromatic rings. The van der Waals surface area contributed by atoms with Gasteiger partial charge >= 0.3 is 17.9 Å². The number of rotatable bonds is 59. The van der Waals surface area contributed by atoms with E-state index in [9.17, 15) is 14.4 Å². The Morgan fingerprint density at radius 3 is 0.883 bits per heavy atom. The van der Waals surface area contributed by atoms with Crippen LogP contribution in [-0.2, 0) is 28.6 Å². The van der Waals surface area contributed by atoms with Crippen LogP contribution in [0.2, 0.25) is 0 Å². The predicted molar refractivity (Wildman–Crippen MR) is 334 cm³/mol. The van der Waals surface area contributed by atoms with Gasteiger partial charge in [0.15, 0.2) is 6.10 Å². The van der Waals surface area contributed by atoms with Gasteiger partial charge in [0.05, 0.1) is 0 Å². The number of ether oxygens (including phenoxy) is 3. The lowest BCUT2D eigenvalue weighted by Gasteiger charge is -2.18. The van der Waals surface area contributed by atoms with Crippen LogP contribution >= 0.6 is 0 Å². The van der Waals surface area contributed by atoms with Gasteiger partial charge in [0.1, 0.15) is 13.2 Å². The Labute approximate surface area is 477 Å². The van der Waals surface area contributed by atoms with Gasteiger partial charge in [-0.1, -0.05) is 285 Å². The summed E-state index contributed by atoms with van der Waals surface area (Å²) in [5, 5.41) is 0. The van der Waals surface area contributed by atoms with E-state index < -0.39 is 6.10 Å². The molecule has 77 heavy (non-hydrogen) atoms. The van der Waals surface area contributed by atoms with E-state index in [1.807, 2.05) is 6.08 Å². The van der Waals surface area contributed by atoms with Crippen LogP contribution in [0.5, 0.6) is 0 Å². The van der Waals surface area contributed by atoms with E-state index in [-0.39, 0.29) is 37.5 Å². The van der Waals surface area contributed by atoms with E-state index in [1.165, 1.54) is 193 Å². The zero-order valence-electron chi connectivity index (χ0n) is 50.7. The number of unbranched alkanes of at least 4 members (excludes halogenated alkanes) is 32. The zero-order valence-corrected chi connectivity index (χ0v) is 50.7. The Morgan fingerprint density at radius 2 is 0.532 bits per heavy atom. The zero-order chi connectivity index (χ0) is 55.7. The molecule has 0 radical (unpaired) electrons. The van der Waals surface area contributed by atoms with Crippen molar-refractivity contribution in [2.75, 3.05) is 13.2 Å². The molecule has 0 rings (SSSR count). The van der Waals surface area contributed by atoms with Crippen molar-refractivity contribution in [1.82, 2.24) is 0 Å². The van der Waals surface area contributed by atoms with Crippen LogP contribution in [0.3, 0.4) is 0 Å². The fourth-order valence-electron chi connectivity index (χ4n) is 9.17. The molecule has 0 spiro atoms. The lowest BCUT2D eigenvalue weighted by molar-refractivity contribution is -0.166. The van der Waals surface area contributed by atoms with Gasteiger partial charge in [-0.05, 0) is 109 Å². The number of carbonyl (C=O) groups is 3. The Kier molecular flexibility index (Phi) is 61.8. The summed E-state index contributed by atoms with van der Waals surface area (Å²) in [4.78, 5) is 38.3. The lowest BCUT2D eigenvalue weighted by Crippen LogP contribution is -2.30. The van der Waals surface area contributed by atoms with Gasteiger partial charge in [0, 0.05) is 19.3 Å². The Hall–Kier alpha value is -3.67. The van der Waals surface area contributed by atoms with Crippen molar-refractivity contribution >= 4 is 17.9 Å². The quantitative estimate of drug-likeness (QED) is 0.0261. The van der Waals surface area contributed by atoms with Gasteiger partial charge in [-0.15, -0.1) is 0 Å². The monoisotopic (exact) mass is 1070 g/mol. The SMILES string of the molecule is CC/C=C\C/C=C\C/C=C\C/C=C\CCC(=O)OCC(COC(=O)CCCCCCCCCCCCCC/C=C\C/C=C\C/C=C\CCCCCCC)OC(=O)CCCCCCCCCCC/C=C\CCCCCCCC. The average molecular weight is 1070 g/mol. The summed E-state index contributed by atoms with van der Waals surface area (Å²) in [6.45, 7) is 6.47. The Bertz CT molecular complexity index is 1510. The van der Waals surface area contributed by atoms with E-state index >= 15 is 0 Å². The minimum atomic E-state index is -0.809. The molecule has 1 unspecified atom stereocenters. The molecule has 0 N–H and O–H groups in total. The fourth-order valence-corrected chi connectivity index (χ4v) is 9.17. The molecule has 0 aliphatic carbocycles. The molecular formula is C71H122O6. The van der Waals surface area contributed by atoms with E-state index in [0.29, 0.717) is 19.3 Å². The van der Waals surface area contributed by atoms with Crippen LogP contribution in [0, 0.1) is 0 Å². The van der Waals surface area contributed by atoms with E-state index in [1.54, 1.807) is 0 Å². The minimum absolute atomic E-state index is 0.100. The van der Waals surface area contributed by atoms with Crippen LogP contribution in [0.4, 0.5) is 0 Å². The average Bonchev–Trinajstić information content (AvgIpc) is 3.43. The summed E-state index contributed by atoms with van der Waals surface area (Å²) in [5.74, 6) is -0.980. The summed E-state index contributed by atoms with van der Waals surface area (Å²) in [6.07, 6.45) is 87.2. The fraction of sp³-hybridized carbons (Fsp3) is 0.732. The highest BCUT2D eigenvalue weighted by molar-refractivity contribution is 5.71. The molecule has 0 aromatic heterocycles. The van der Waals surface area contributed by atoms with Crippen LogP contribution in [0.15, 0.2) is 97.2 Å². The Balaban J connectivity index is 4.32. The molecule has 6 heteroatoms. The van der Waals surface area contributed by atoms with E-state index in [2.05, 4.69) is 112 Å². The van der Waals surface area contributed by atoms with Crippen molar-refractivity contribution < 1.29 is 28.6 Å². The van der Waals surface area contributed by atoms with Gasteiger partial charge in [-0.25, -0.2) is 0 Å². The summed E-state index contributed by atoms with van der Waals surface area (Å²) < 4.78 is 16.9. The first-order valence-electron chi connectivity index (χ1n) is 32.7. The van der Waals surface area contributed by atoms with Gasteiger partial charge in [-0.3, -0.25) is 14.4 Å². The Morgan fingerprint density at radius 1 is 0.273 bits per heavy atom. The predicted octanol–water partition coefficient (Wildman–Crippen LogP) is 22.4. The molecule has 6 nitrogen and oxygen atoms in total. The van der Waals surface area contributed by atoms with Gasteiger partial charge in [0.2, 0.25) is 0 Å². The van der Waals surface area contributed by atoms with Crippen LogP contribution in [0.25, 0.3) is 0 Å². The number of hydrogen-bond acceptors (Lipinski definition) is 6. The minimum Gasteiger partial charge on any atom is -0.462 e. The summed E-state index contributed by atoms with van der Waals surface area (Å²) in [5.41, 5.74) is 0. The second-order valence-electron chi connectivity index (χ2n) is 21.6. The van der Waals surface area contributed by atoms with Crippen molar-refractivity contribution in [3.63, 3.8) is 0 Å². The first-order valence-corrected chi connectivity index (χ1v) is 32.7. The third-order valence-corrected chi connectivity index (χ3v) is 14.1. The largest absolute Gasteiger partial charge is 0.462 e. The highest BCUT2D eigenvalue weighted by Crippen LogP contribution is 2.16. The van der Waals surface area contributed by atoms with Crippen LogP contribution in [-0.4, -0.2) is 37.2 Å². The smallest absolute Gasteiger partial charge is 0.306 e. The van der Waals surface area contributed by atoms with Crippen LogP contribution < -0.4 is 0 Å². The summed E-state index contributed by atoms with van der Waals surface area (Å²) in [7, 11) is 0. The van der Waals surface area contributed by atoms with Crippen molar-refractivity contribution in [2.45, 2.75) is 322 Å². The summed E-state index contributed by atoms with van der Waals surface area (Å²) in [6, 6.07) is 0. The third kappa shape index (κ3) is 63.0. The first kappa shape index (κ1) is 73.3. The normalized spacial score (nSPS) is 12.7. The molecule has 1 atom stereocenters. The molecule has 0 aliphatic heterocycles. The maximum Gasteiger partial charge on any atom is 0.306 e. The molecule has 0 amide bonds. The van der Waals surface area contributed by atoms with Crippen molar-refractivity contribution in [3.05, 3.63) is 97.2 Å². The number of esters is 3. The maximum absolute atomic E-state index is 12.9. The van der Waals surface area contributed by atoms with Gasteiger partial charge < -0.3 is 14.2 Å². The third-order valence-electron chi connectivity index (χ3n) is 14.1. The molecular weight excluding hydrogens is 949 g/mol. The lowest BCUT2D eigenvalue weighted by atomic mass is 10.0. The van der Waals surface area contributed by atoms with Crippen molar-refractivity contribution in [3.8, 4) is 0 Å². The number of hydrogen-bond donors (Lipinski definition) is 0. The highest BCUT2D eigenvalue weighted by Gasteiger charge is 2.19. The van der Waals surface area contributed by atoms with E-state index in [0.717, 1.165) is 77.0 Å². The van der Waals surface area contributed by atoms with Crippen molar-refractivity contribution in [1.29, 1.82) is 0 Å². The molecule has 0 fully saturated rings. The highest BCUT2D eigenvalue weighted by atomic mass is 16.6. The molecule has 0 saturated carbocycles. The number of carbonyl (C=O) groups excluding carboxylic acids is 3. The maximum atomic E-state index is 12.9. The van der Waals surface area contributed by atoms with E-state index in [4.69, 9.17) is 14.2 Å². The standard InChI is InChI=1S/C71H122O6/c1-4-7-10-13-16-19-22-25-27-29-31-32-33-34-35-36-37-38-40-41-43-46-49-52-55-58-61-64-70(73)76-67-68(66-75-69(72)63-60-57-54-51-48-45-24-21-18-15-12-9-6-3)77-71(74)65-62-59-56-53-50-47-44-42-39-30-28-26-23-20-17-14-11-8-5-2/h9,12,18,21-22,25-26,28-29,31,33-34,45,48,54,57,68H,4-8,10-11,13-17,19-20,23-24,27,30,32,35-44,46-47,49-53,55-56,58-67H2,1-3H3/b12-9-,21-18-,25-22-,28-26-,31-29-,34-33-,48-45-,57-54-. The summed E-state index contributed by atoms with van der Waals surface area (Å²) >= 11 is 0. The second kappa shape index (κ2) is 64.9. The first-order chi connectivity index (χ1) is 38.0. The van der Waals surface area contributed by atoms with Gasteiger partial charge in [-0.2, -0.15) is 0 Å². The van der Waals surface area contributed by atoms with Gasteiger partial charge in [0.25, 0.3) is 0 Å². The van der Waals surface area contributed by atoms with Crippen LogP contribution in [0.1, 0.15) is 316 Å². The molecule has 0 heterocycles. The molecule has 442 valence electrons. The molecule has 0 saturated heterocycles. The topological polar surface area (TPSA) is 78.9 Å².